The minimum Gasteiger partial charge on any atom is -0.478 e. The highest BCUT2D eigenvalue weighted by molar-refractivity contribution is 6.01. The van der Waals surface area contributed by atoms with Crippen molar-refractivity contribution in [2.75, 3.05) is 0 Å². The number of fused-ring (bicyclic) bond motifs is 2. The highest BCUT2D eigenvalue weighted by atomic mass is 16.4. The Morgan fingerprint density at radius 2 is 1.60 bits per heavy atom. The van der Waals surface area contributed by atoms with Crippen LogP contribution in [0.2, 0.25) is 0 Å². The van der Waals surface area contributed by atoms with Crippen LogP contribution >= 0.6 is 0 Å². The minimum absolute atomic E-state index is 0.190. The molecule has 0 aromatic heterocycles. The lowest BCUT2D eigenvalue weighted by atomic mass is 10.0. The molecule has 0 aliphatic heterocycles. The molecular weight excluding hydrogens is 256 g/mol. The van der Waals surface area contributed by atoms with Crippen molar-refractivity contribution in [3.63, 3.8) is 0 Å². The van der Waals surface area contributed by atoms with Crippen LogP contribution in [-0.4, -0.2) is 22.2 Å². The van der Waals surface area contributed by atoms with Crippen LogP contribution in [0.3, 0.4) is 0 Å². The van der Waals surface area contributed by atoms with Crippen molar-refractivity contribution in [2.45, 2.75) is 32.6 Å². The van der Waals surface area contributed by atoms with Crippen molar-refractivity contribution >= 4 is 11.9 Å². The lowest BCUT2D eigenvalue weighted by Gasteiger charge is -2.05. The maximum atomic E-state index is 10.5. The number of rotatable bonds is 2. The van der Waals surface area contributed by atoms with Gasteiger partial charge in [0.2, 0.25) is 0 Å². The molecule has 1 saturated carbocycles. The molecule has 0 heterocycles. The zero-order valence-electron chi connectivity index (χ0n) is 11.4. The van der Waals surface area contributed by atoms with E-state index in [0.29, 0.717) is 0 Å². The van der Waals surface area contributed by atoms with Gasteiger partial charge in [0.15, 0.2) is 0 Å². The maximum Gasteiger partial charge on any atom is 0.336 e. The fourth-order valence-electron chi connectivity index (χ4n) is 2.93. The summed E-state index contributed by atoms with van der Waals surface area (Å²) in [4.78, 5) is 20.9. The Bertz CT molecular complexity index is 537. The van der Waals surface area contributed by atoms with Gasteiger partial charge in [-0.05, 0) is 50.7 Å². The molecule has 1 unspecified atom stereocenters. The van der Waals surface area contributed by atoms with Crippen LogP contribution in [-0.2, 0) is 0 Å². The molecule has 2 aliphatic rings. The van der Waals surface area contributed by atoms with Crippen LogP contribution in [0.25, 0.3) is 0 Å². The highest BCUT2D eigenvalue weighted by Gasteiger charge is 2.27. The van der Waals surface area contributed by atoms with Crippen molar-refractivity contribution in [1.29, 1.82) is 0 Å². The van der Waals surface area contributed by atoms with Gasteiger partial charge in [0.25, 0.3) is 0 Å². The zero-order valence-corrected chi connectivity index (χ0v) is 11.4. The van der Waals surface area contributed by atoms with Crippen molar-refractivity contribution in [2.24, 2.45) is 5.92 Å². The van der Waals surface area contributed by atoms with E-state index in [2.05, 4.69) is 6.92 Å². The molecule has 20 heavy (non-hydrogen) atoms. The zero-order chi connectivity index (χ0) is 14.7. The largest absolute Gasteiger partial charge is 0.478 e. The third kappa shape index (κ3) is 3.07. The number of carbonyl (C=O) groups is 2. The Balaban J connectivity index is 0.000000157. The van der Waals surface area contributed by atoms with Gasteiger partial charge in [-0.2, -0.15) is 0 Å². The fourth-order valence-corrected chi connectivity index (χ4v) is 2.93. The van der Waals surface area contributed by atoms with Crippen molar-refractivity contribution in [3.8, 4) is 0 Å². The first kappa shape index (κ1) is 14.3. The second kappa shape index (κ2) is 5.90. The number of carboxylic acid groups (broad SMARTS) is 2. The predicted octanol–water partition coefficient (Wildman–Crippen LogP) is 3.59. The SMILES string of the molecule is CC1=C2CCC(C1)C2.O=C(O)c1ccccc1C(=O)O. The summed E-state index contributed by atoms with van der Waals surface area (Å²) in [6.45, 7) is 2.30. The van der Waals surface area contributed by atoms with E-state index >= 15 is 0 Å². The van der Waals surface area contributed by atoms with Crippen LogP contribution in [0.5, 0.6) is 0 Å². The van der Waals surface area contributed by atoms with E-state index in [1.165, 1.54) is 49.9 Å². The Morgan fingerprint density at radius 1 is 1.05 bits per heavy atom. The first-order valence-corrected chi connectivity index (χ1v) is 6.72. The van der Waals surface area contributed by atoms with Crippen LogP contribution in [0.15, 0.2) is 35.4 Å². The Morgan fingerprint density at radius 3 is 1.85 bits per heavy atom. The Hall–Kier alpha value is -2.10. The second-order valence-electron chi connectivity index (χ2n) is 5.35. The lowest BCUT2D eigenvalue weighted by Crippen LogP contribution is -2.06. The molecule has 106 valence electrons. The smallest absolute Gasteiger partial charge is 0.336 e. The number of hydrogen-bond acceptors (Lipinski definition) is 2. The Labute approximate surface area is 117 Å². The summed E-state index contributed by atoms with van der Waals surface area (Å²) in [5.41, 5.74) is 3.12. The molecule has 1 aromatic rings. The van der Waals surface area contributed by atoms with Gasteiger partial charge < -0.3 is 10.2 Å². The summed E-state index contributed by atoms with van der Waals surface area (Å²) < 4.78 is 0. The molecule has 3 rings (SSSR count). The van der Waals surface area contributed by atoms with Gasteiger partial charge in [-0.25, -0.2) is 9.59 Å². The monoisotopic (exact) mass is 274 g/mol. The molecular formula is C16H18O4. The van der Waals surface area contributed by atoms with Crippen molar-refractivity contribution in [1.82, 2.24) is 0 Å². The topological polar surface area (TPSA) is 74.6 Å². The van der Waals surface area contributed by atoms with Gasteiger partial charge in [0, 0.05) is 0 Å². The first-order chi connectivity index (χ1) is 9.49. The molecule has 4 heteroatoms. The summed E-state index contributed by atoms with van der Waals surface area (Å²) >= 11 is 0. The number of hydrogen-bond donors (Lipinski definition) is 2. The van der Waals surface area contributed by atoms with Gasteiger partial charge in [0.05, 0.1) is 11.1 Å². The third-order valence-corrected chi connectivity index (χ3v) is 3.98. The molecule has 4 nitrogen and oxygen atoms in total. The summed E-state index contributed by atoms with van der Waals surface area (Å²) in [6, 6.07) is 5.48. The second-order valence-corrected chi connectivity index (χ2v) is 5.35. The first-order valence-electron chi connectivity index (χ1n) is 6.72. The fraction of sp³-hybridized carbons (Fsp3) is 0.375. The van der Waals surface area contributed by atoms with Gasteiger partial charge in [-0.1, -0.05) is 23.3 Å². The average Bonchev–Trinajstić information content (AvgIpc) is 3.01. The van der Waals surface area contributed by atoms with Gasteiger partial charge in [0.1, 0.15) is 0 Å². The van der Waals surface area contributed by atoms with E-state index in [0.717, 1.165) is 5.92 Å². The normalized spacial score (nSPS) is 19.6. The summed E-state index contributed by atoms with van der Waals surface area (Å²) in [6.07, 6.45) is 5.80. The highest BCUT2D eigenvalue weighted by Crippen LogP contribution is 2.43. The Kier molecular flexibility index (Phi) is 4.23. The van der Waals surface area contributed by atoms with Crippen LogP contribution < -0.4 is 0 Å². The van der Waals surface area contributed by atoms with E-state index in [1.54, 1.807) is 11.1 Å². The molecule has 1 atom stereocenters. The lowest BCUT2D eigenvalue weighted by molar-refractivity contribution is 0.0651. The van der Waals surface area contributed by atoms with E-state index in [1.807, 2.05) is 0 Å². The predicted molar refractivity (Wildman–Crippen MR) is 75.0 cm³/mol. The van der Waals surface area contributed by atoms with Crippen LogP contribution in [0, 0.1) is 5.92 Å². The third-order valence-electron chi connectivity index (χ3n) is 3.98. The maximum absolute atomic E-state index is 10.5. The van der Waals surface area contributed by atoms with Gasteiger partial charge in [-0.15, -0.1) is 0 Å². The van der Waals surface area contributed by atoms with E-state index < -0.39 is 11.9 Å². The molecule has 1 fully saturated rings. The molecule has 0 radical (unpaired) electrons. The average molecular weight is 274 g/mol. The van der Waals surface area contributed by atoms with E-state index in [9.17, 15) is 9.59 Å². The number of allylic oxidation sites excluding steroid dienone is 2. The van der Waals surface area contributed by atoms with E-state index in [-0.39, 0.29) is 11.1 Å². The van der Waals surface area contributed by atoms with E-state index in [4.69, 9.17) is 10.2 Å². The molecule has 0 amide bonds. The minimum atomic E-state index is -1.23. The molecule has 2 aliphatic carbocycles. The summed E-state index contributed by atoms with van der Waals surface area (Å²) in [5, 5.41) is 17.1. The summed E-state index contributed by atoms with van der Waals surface area (Å²) in [5.74, 6) is -1.38. The van der Waals surface area contributed by atoms with Crippen molar-refractivity contribution < 1.29 is 19.8 Å². The van der Waals surface area contributed by atoms with Crippen molar-refractivity contribution in [3.05, 3.63) is 46.5 Å². The summed E-state index contributed by atoms with van der Waals surface area (Å²) in [7, 11) is 0. The molecule has 2 bridgehead atoms. The van der Waals surface area contributed by atoms with Crippen LogP contribution in [0.4, 0.5) is 0 Å². The standard InChI is InChI=1S/C8H6O4.C8H12/c9-7(10)5-3-1-2-4-6(5)8(11)12;1-6-4-7-2-3-8(6)5-7/h1-4H,(H,9,10)(H,11,12);7H,2-5H2,1H3. The van der Waals surface area contributed by atoms with Crippen LogP contribution in [0.1, 0.15) is 53.3 Å². The molecule has 0 spiro atoms. The quantitative estimate of drug-likeness (QED) is 0.808. The molecule has 2 N–H and O–H groups in total. The van der Waals surface area contributed by atoms with Gasteiger partial charge >= 0.3 is 11.9 Å². The van der Waals surface area contributed by atoms with Gasteiger partial charge in [-0.3, -0.25) is 0 Å². The molecule has 1 aromatic carbocycles. The number of aromatic carboxylic acids is 2. The molecule has 0 saturated heterocycles. The number of benzene rings is 1. The number of carboxylic acids is 2.